The molecule has 2 aromatic rings. The number of piperazine rings is 1. The van der Waals surface area contributed by atoms with Gasteiger partial charge in [0.05, 0.1) is 6.54 Å². The Labute approximate surface area is 230 Å². The molecule has 1 fully saturated rings. The van der Waals surface area contributed by atoms with E-state index in [9.17, 15) is 19.2 Å². The Morgan fingerprint density at radius 1 is 0.921 bits per heavy atom. The molecule has 1 aliphatic rings. The van der Waals surface area contributed by atoms with Crippen LogP contribution in [0.25, 0.3) is 0 Å². The van der Waals surface area contributed by atoms with Gasteiger partial charge in [0.1, 0.15) is 18.4 Å². The largest absolute Gasteiger partial charge is 0.369 e. The topological polar surface area (TPSA) is 111 Å². The van der Waals surface area contributed by atoms with Crippen LogP contribution in [0.1, 0.15) is 47.4 Å². The van der Waals surface area contributed by atoms with Crippen LogP contribution in [0.15, 0.2) is 54.6 Å². The molecule has 3 rings (SSSR count). The summed E-state index contributed by atoms with van der Waals surface area (Å²) in [4.78, 5) is 53.1. The lowest BCUT2D eigenvalue weighted by Gasteiger charge is -2.34. The van der Waals surface area contributed by atoms with Crippen molar-refractivity contribution in [2.24, 2.45) is 0 Å². The van der Waals surface area contributed by atoms with Gasteiger partial charge in [-0.3, -0.25) is 14.4 Å². The van der Waals surface area contributed by atoms with E-state index in [1.807, 2.05) is 42.5 Å². The third-order valence-electron chi connectivity index (χ3n) is 6.01. The molecule has 0 aromatic heterocycles. The maximum absolute atomic E-state index is 13.0. The molecule has 0 spiro atoms. The zero-order valence-electron chi connectivity index (χ0n) is 22.9. The van der Waals surface area contributed by atoms with Gasteiger partial charge in [0.2, 0.25) is 11.8 Å². The van der Waals surface area contributed by atoms with Crippen LogP contribution in [0.3, 0.4) is 0 Å². The normalized spacial score (nSPS) is 14.8. The van der Waals surface area contributed by atoms with Gasteiger partial charge in [-0.25, -0.2) is 0 Å². The van der Waals surface area contributed by atoms with E-state index in [0.717, 1.165) is 37.4 Å². The number of hydrogen-bond donors (Lipinski definition) is 3. The Morgan fingerprint density at radius 3 is 2.11 bits per heavy atom. The van der Waals surface area contributed by atoms with Gasteiger partial charge < -0.3 is 30.5 Å². The third kappa shape index (κ3) is 9.97. The summed E-state index contributed by atoms with van der Waals surface area (Å²) in [6, 6.07) is 15.0. The molecular formula is C29H47N5O4. The Kier molecular flexibility index (Phi) is 13.0. The number of nitrogens with one attached hydrogen (secondary N) is 3. The van der Waals surface area contributed by atoms with Crippen molar-refractivity contribution in [1.82, 2.24) is 20.9 Å². The zero-order chi connectivity index (χ0) is 27.9. The summed E-state index contributed by atoms with van der Waals surface area (Å²) >= 11 is 0. The second kappa shape index (κ2) is 16.2. The van der Waals surface area contributed by atoms with Crippen LogP contribution >= 0.6 is 0 Å². The van der Waals surface area contributed by atoms with E-state index in [2.05, 4.69) is 46.6 Å². The van der Waals surface area contributed by atoms with Crippen molar-refractivity contribution in [2.75, 3.05) is 44.7 Å². The van der Waals surface area contributed by atoms with Crippen molar-refractivity contribution < 1.29 is 23.5 Å². The Balaban J connectivity index is 0. The van der Waals surface area contributed by atoms with E-state index in [4.69, 9.17) is 0 Å². The molecule has 1 saturated heterocycles. The molecule has 2 aromatic carbocycles. The summed E-state index contributed by atoms with van der Waals surface area (Å²) in [5.74, 6) is -1.33. The highest BCUT2D eigenvalue weighted by molar-refractivity contribution is 5.98. The lowest BCUT2D eigenvalue weighted by Crippen LogP contribution is -2.53. The van der Waals surface area contributed by atoms with E-state index < -0.39 is 23.9 Å². The molecule has 1 aliphatic heterocycles. The molecule has 3 amide bonds. The molecular weight excluding hydrogens is 482 g/mol. The first-order chi connectivity index (χ1) is 18.3. The summed E-state index contributed by atoms with van der Waals surface area (Å²) < 4.78 is 0. The van der Waals surface area contributed by atoms with Gasteiger partial charge in [0.25, 0.3) is 5.91 Å². The number of nitrogens with zero attached hydrogens (tertiary/aromatic N) is 2. The standard InChI is InChI=1S/C26H33N5O4.C3H8.3H2/c1-19(24(33)27-12-17-32)28-26(35)23(18-20-6-4-3-5-7-20)29-25(34)21-8-10-22(11-9-21)31-15-13-30(2)14-16-31;1-3-2;;;/h3-11,17,19,23H,12-16,18H2,1-2H3,(H,27,33)(H,28,35)(H,29,34);3H2,1-2H3;3*1H/t19-,23+;;;;/m0..../s1. The Morgan fingerprint density at radius 2 is 1.53 bits per heavy atom. The molecule has 0 aliphatic carbocycles. The van der Waals surface area contributed by atoms with Crippen molar-refractivity contribution in [3.8, 4) is 0 Å². The van der Waals surface area contributed by atoms with E-state index >= 15 is 0 Å². The summed E-state index contributed by atoms with van der Waals surface area (Å²) in [6.45, 7) is 9.48. The molecule has 0 radical (unpaired) electrons. The number of amides is 3. The second-order valence-electron chi connectivity index (χ2n) is 9.40. The quantitative estimate of drug-likeness (QED) is 0.408. The molecule has 9 heteroatoms. The number of likely N-dealkylation sites (N-methyl/N-ethyl adjacent to an activating group) is 1. The number of hydrogen-bond acceptors (Lipinski definition) is 6. The summed E-state index contributed by atoms with van der Waals surface area (Å²) in [6.07, 6.45) is 2.08. The average molecular weight is 530 g/mol. The average Bonchev–Trinajstić information content (AvgIpc) is 2.92. The Hall–Kier alpha value is -3.72. The monoisotopic (exact) mass is 529 g/mol. The molecule has 0 unspecified atom stereocenters. The smallest absolute Gasteiger partial charge is 0.251 e. The molecule has 3 N–H and O–H groups in total. The van der Waals surface area contributed by atoms with E-state index in [1.165, 1.54) is 13.3 Å². The lowest BCUT2D eigenvalue weighted by molar-refractivity contribution is -0.129. The SMILES string of the molecule is CCC.C[C@H](NC(=O)[C@@H](Cc1ccccc1)NC(=O)c1ccc(N2CCN(C)CC2)cc1)C(=O)NCC=O.[HH].[HH].[HH]. The minimum Gasteiger partial charge on any atom is -0.369 e. The summed E-state index contributed by atoms with van der Waals surface area (Å²) in [5.41, 5.74) is 2.38. The molecule has 2 atom stereocenters. The van der Waals surface area contributed by atoms with Gasteiger partial charge in [-0.15, -0.1) is 0 Å². The molecule has 0 bridgehead atoms. The first-order valence-electron chi connectivity index (χ1n) is 13.2. The van der Waals surface area contributed by atoms with E-state index in [1.54, 1.807) is 12.1 Å². The number of carbonyl (C=O) groups excluding carboxylic acids is 4. The van der Waals surface area contributed by atoms with Gasteiger partial charge >= 0.3 is 0 Å². The van der Waals surface area contributed by atoms with Gasteiger partial charge in [0.15, 0.2) is 0 Å². The fraction of sp³-hybridized carbons (Fsp3) is 0.448. The van der Waals surface area contributed by atoms with Crippen molar-refractivity contribution in [3.05, 3.63) is 65.7 Å². The minimum atomic E-state index is -0.886. The molecule has 0 saturated carbocycles. The van der Waals surface area contributed by atoms with Crippen molar-refractivity contribution in [2.45, 2.75) is 45.7 Å². The fourth-order valence-corrected chi connectivity index (χ4v) is 3.86. The highest BCUT2D eigenvalue weighted by Crippen LogP contribution is 2.17. The fourth-order valence-electron chi connectivity index (χ4n) is 3.86. The van der Waals surface area contributed by atoms with Crippen LogP contribution in [-0.4, -0.2) is 80.8 Å². The predicted octanol–water partition coefficient (Wildman–Crippen LogP) is 2.75. The lowest BCUT2D eigenvalue weighted by atomic mass is 10.0. The zero-order valence-corrected chi connectivity index (χ0v) is 22.9. The first kappa shape index (κ1) is 30.5. The molecule has 9 nitrogen and oxygen atoms in total. The summed E-state index contributed by atoms with van der Waals surface area (Å²) in [5, 5.41) is 7.86. The number of carbonyl (C=O) groups is 4. The van der Waals surface area contributed by atoms with Crippen LogP contribution in [0.5, 0.6) is 0 Å². The maximum atomic E-state index is 13.0. The summed E-state index contributed by atoms with van der Waals surface area (Å²) in [7, 11) is 2.10. The van der Waals surface area contributed by atoms with Crippen LogP contribution < -0.4 is 20.9 Å². The van der Waals surface area contributed by atoms with Crippen LogP contribution in [0, 0.1) is 0 Å². The van der Waals surface area contributed by atoms with Gasteiger partial charge in [-0.2, -0.15) is 0 Å². The van der Waals surface area contributed by atoms with Gasteiger partial charge in [-0.05, 0) is 43.8 Å². The van der Waals surface area contributed by atoms with Crippen LogP contribution in [-0.2, 0) is 20.8 Å². The van der Waals surface area contributed by atoms with Crippen molar-refractivity contribution in [1.29, 1.82) is 0 Å². The molecule has 38 heavy (non-hydrogen) atoms. The maximum Gasteiger partial charge on any atom is 0.251 e. The highest BCUT2D eigenvalue weighted by atomic mass is 16.2. The number of aldehydes is 1. The Bertz CT molecular complexity index is 1040. The predicted molar refractivity (Wildman–Crippen MR) is 157 cm³/mol. The van der Waals surface area contributed by atoms with E-state index in [-0.39, 0.29) is 23.2 Å². The molecule has 212 valence electrons. The third-order valence-corrected chi connectivity index (χ3v) is 6.01. The second-order valence-corrected chi connectivity index (χ2v) is 9.40. The van der Waals surface area contributed by atoms with Crippen LogP contribution in [0.2, 0.25) is 0 Å². The van der Waals surface area contributed by atoms with Crippen LogP contribution in [0.4, 0.5) is 5.69 Å². The van der Waals surface area contributed by atoms with E-state index in [0.29, 0.717) is 11.8 Å². The van der Waals surface area contributed by atoms with Gasteiger partial charge in [0, 0.05) is 48.1 Å². The van der Waals surface area contributed by atoms with Crippen molar-refractivity contribution >= 4 is 29.7 Å². The number of anilines is 1. The van der Waals surface area contributed by atoms with Crippen molar-refractivity contribution in [3.63, 3.8) is 0 Å². The minimum absolute atomic E-state index is 0. The number of rotatable bonds is 10. The highest BCUT2D eigenvalue weighted by Gasteiger charge is 2.25. The van der Waals surface area contributed by atoms with Gasteiger partial charge in [-0.1, -0.05) is 50.6 Å². The number of benzene rings is 2. The first-order valence-corrected chi connectivity index (χ1v) is 13.2. The molecule has 1 heterocycles.